The van der Waals surface area contributed by atoms with Gasteiger partial charge >= 0.3 is 0 Å². The van der Waals surface area contributed by atoms with Crippen LogP contribution in [0.15, 0.2) is 36.4 Å². The molecular formula is C20H22FNO3. The minimum absolute atomic E-state index is 0.0338. The van der Waals surface area contributed by atoms with Crippen LogP contribution in [-0.2, 0) is 24.2 Å². The van der Waals surface area contributed by atoms with Gasteiger partial charge in [0.1, 0.15) is 5.75 Å². The molecule has 0 N–H and O–H groups in total. The highest BCUT2D eigenvalue weighted by Crippen LogP contribution is 2.26. The molecule has 3 rings (SSSR count). The molecule has 0 bridgehead atoms. The van der Waals surface area contributed by atoms with Crippen molar-refractivity contribution in [1.29, 1.82) is 0 Å². The number of nitrogens with zero attached hydrogens (tertiary/aromatic N) is 1. The van der Waals surface area contributed by atoms with Gasteiger partial charge in [0.05, 0.1) is 7.11 Å². The molecule has 0 unspecified atom stereocenters. The molecule has 25 heavy (non-hydrogen) atoms. The standard InChI is InChI=1S/C20H22FNO3/c1-22(12-14-6-9-19(24-2)18(21)10-14)20(23)13-25-17-8-7-15-4-3-5-16(15)11-17/h6-11H,3-5,12-13H2,1-2H3. The fraction of sp³-hybridized carbons (Fsp3) is 0.350. The highest BCUT2D eigenvalue weighted by Gasteiger charge is 2.14. The summed E-state index contributed by atoms with van der Waals surface area (Å²) in [5, 5.41) is 0. The lowest BCUT2D eigenvalue weighted by atomic mass is 10.1. The molecule has 1 amide bonds. The number of ether oxygens (including phenoxy) is 2. The molecule has 0 atom stereocenters. The van der Waals surface area contributed by atoms with Crippen molar-refractivity contribution >= 4 is 5.91 Å². The van der Waals surface area contributed by atoms with Crippen molar-refractivity contribution in [2.75, 3.05) is 20.8 Å². The minimum Gasteiger partial charge on any atom is -0.494 e. The van der Waals surface area contributed by atoms with Gasteiger partial charge in [0, 0.05) is 13.6 Å². The first-order valence-electron chi connectivity index (χ1n) is 8.38. The minimum atomic E-state index is -0.435. The van der Waals surface area contributed by atoms with Gasteiger partial charge in [-0.15, -0.1) is 0 Å². The van der Waals surface area contributed by atoms with Gasteiger partial charge < -0.3 is 14.4 Å². The molecule has 0 saturated carbocycles. The SMILES string of the molecule is COc1ccc(CN(C)C(=O)COc2ccc3c(c2)CCC3)cc1F. The molecule has 0 spiro atoms. The van der Waals surface area contributed by atoms with Crippen LogP contribution in [0.4, 0.5) is 4.39 Å². The maximum absolute atomic E-state index is 13.7. The molecule has 5 heteroatoms. The van der Waals surface area contributed by atoms with E-state index in [1.54, 1.807) is 19.2 Å². The van der Waals surface area contributed by atoms with Gasteiger partial charge in [0.2, 0.25) is 0 Å². The van der Waals surface area contributed by atoms with Crippen LogP contribution in [0.1, 0.15) is 23.1 Å². The molecule has 2 aromatic rings. The maximum atomic E-state index is 13.7. The number of rotatable bonds is 6. The number of halogens is 1. The first-order chi connectivity index (χ1) is 12.1. The van der Waals surface area contributed by atoms with Crippen molar-refractivity contribution < 1.29 is 18.7 Å². The lowest BCUT2D eigenvalue weighted by Gasteiger charge is -2.18. The van der Waals surface area contributed by atoms with E-state index in [0.29, 0.717) is 12.1 Å². The van der Waals surface area contributed by atoms with E-state index < -0.39 is 5.82 Å². The number of fused-ring (bicyclic) bond motifs is 1. The number of aryl methyl sites for hydroxylation is 2. The fourth-order valence-corrected chi connectivity index (χ4v) is 3.06. The van der Waals surface area contributed by atoms with Gasteiger partial charge in [-0.2, -0.15) is 0 Å². The van der Waals surface area contributed by atoms with E-state index in [4.69, 9.17) is 9.47 Å². The van der Waals surface area contributed by atoms with Crippen molar-refractivity contribution in [1.82, 2.24) is 4.90 Å². The Hall–Kier alpha value is -2.56. The predicted molar refractivity (Wildman–Crippen MR) is 93.4 cm³/mol. The summed E-state index contributed by atoms with van der Waals surface area (Å²) in [6.45, 7) is 0.279. The van der Waals surface area contributed by atoms with E-state index >= 15 is 0 Å². The van der Waals surface area contributed by atoms with Crippen LogP contribution in [-0.4, -0.2) is 31.6 Å². The van der Waals surface area contributed by atoms with Gasteiger partial charge in [-0.1, -0.05) is 12.1 Å². The number of methoxy groups -OCH3 is 1. The van der Waals surface area contributed by atoms with Crippen molar-refractivity contribution in [3.63, 3.8) is 0 Å². The Balaban J connectivity index is 1.55. The number of benzene rings is 2. The smallest absolute Gasteiger partial charge is 0.260 e. The zero-order valence-corrected chi connectivity index (χ0v) is 14.5. The van der Waals surface area contributed by atoms with E-state index in [1.807, 2.05) is 12.1 Å². The van der Waals surface area contributed by atoms with Crippen LogP contribution in [0.2, 0.25) is 0 Å². The average molecular weight is 343 g/mol. The monoisotopic (exact) mass is 343 g/mol. The summed E-state index contributed by atoms with van der Waals surface area (Å²) in [4.78, 5) is 13.8. The Morgan fingerprint density at radius 1 is 1.16 bits per heavy atom. The van der Waals surface area contributed by atoms with Gasteiger partial charge in [-0.25, -0.2) is 4.39 Å². The Bertz CT molecular complexity index is 776. The summed E-state index contributed by atoms with van der Waals surface area (Å²) in [7, 11) is 3.10. The van der Waals surface area contributed by atoms with Crippen molar-refractivity contribution in [3.8, 4) is 11.5 Å². The second kappa shape index (κ2) is 7.55. The Morgan fingerprint density at radius 3 is 2.72 bits per heavy atom. The largest absolute Gasteiger partial charge is 0.494 e. The lowest BCUT2D eigenvalue weighted by Crippen LogP contribution is -2.31. The van der Waals surface area contributed by atoms with Crippen LogP contribution >= 0.6 is 0 Å². The third-order valence-corrected chi connectivity index (χ3v) is 4.49. The third kappa shape index (κ3) is 4.10. The molecule has 0 radical (unpaired) electrons. The summed E-state index contributed by atoms with van der Waals surface area (Å²) in [5.41, 5.74) is 3.39. The third-order valence-electron chi connectivity index (χ3n) is 4.49. The molecule has 4 nitrogen and oxygen atoms in total. The summed E-state index contributed by atoms with van der Waals surface area (Å²) >= 11 is 0. The van der Waals surface area contributed by atoms with Crippen LogP contribution in [0, 0.1) is 5.82 Å². The summed E-state index contributed by atoms with van der Waals surface area (Å²) in [6, 6.07) is 10.7. The Morgan fingerprint density at radius 2 is 1.96 bits per heavy atom. The van der Waals surface area contributed by atoms with Gasteiger partial charge in [-0.3, -0.25) is 4.79 Å². The number of amides is 1. The van der Waals surface area contributed by atoms with Crippen molar-refractivity contribution in [3.05, 3.63) is 58.9 Å². The number of hydrogen-bond donors (Lipinski definition) is 0. The second-order valence-corrected chi connectivity index (χ2v) is 6.29. The molecule has 0 aromatic heterocycles. The van der Waals surface area contributed by atoms with Crippen molar-refractivity contribution in [2.45, 2.75) is 25.8 Å². The predicted octanol–water partition coefficient (Wildman–Crippen LogP) is 3.36. The topological polar surface area (TPSA) is 38.8 Å². The number of carbonyl (C=O) groups is 1. The summed E-state index contributed by atoms with van der Waals surface area (Å²) in [6.07, 6.45) is 3.37. The first kappa shape index (κ1) is 17.3. The number of likely N-dealkylation sites (N-methyl/N-ethyl adjacent to an activating group) is 1. The number of carbonyl (C=O) groups excluding carboxylic acids is 1. The normalized spacial score (nSPS) is 12.6. The average Bonchev–Trinajstić information content (AvgIpc) is 3.07. The van der Waals surface area contributed by atoms with Gasteiger partial charge in [0.15, 0.2) is 18.2 Å². The molecule has 0 fully saturated rings. The highest BCUT2D eigenvalue weighted by molar-refractivity contribution is 5.77. The zero-order chi connectivity index (χ0) is 17.8. The quantitative estimate of drug-likeness (QED) is 0.807. The molecule has 0 saturated heterocycles. The zero-order valence-electron chi connectivity index (χ0n) is 14.5. The molecule has 0 heterocycles. The van der Waals surface area contributed by atoms with E-state index in [-0.39, 0.29) is 18.3 Å². The Labute approximate surface area is 147 Å². The van der Waals surface area contributed by atoms with Gasteiger partial charge in [0.25, 0.3) is 5.91 Å². The second-order valence-electron chi connectivity index (χ2n) is 6.29. The molecule has 132 valence electrons. The highest BCUT2D eigenvalue weighted by atomic mass is 19.1. The fourth-order valence-electron chi connectivity index (χ4n) is 3.06. The number of hydrogen-bond acceptors (Lipinski definition) is 3. The van der Waals surface area contributed by atoms with E-state index in [9.17, 15) is 9.18 Å². The van der Waals surface area contributed by atoms with Crippen LogP contribution in [0.3, 0.4) is 0 Å². The van der Waals surface area contributed by atoms with E-state index in [0.717, 1.165) is 18.6 Å². The van der Waals surface area contributed by atoms with Crippen LogP contribution < -0.4 is 9.47 Å². The Kier molecular flexibility index (Phi) is 5.22. The van der Waals surface area contributed by atoms with E-state index in [2.05, 4.69) is 6.07 Å². The summed E-state index contributed by atoms with van der Waals surface area (Å²) < 4.78 is 24.3. The van der Waals surface area contributed by atoms with Crippen molar-refractivity contribution in [2.24, 2.45) is 0 Å². The lowest BCUT2D eigenvalue weighted by molar-refractivity contribution is -0.132. The molecule has 2 aromatic carbocycles. The molecule has 1 aliphatic carbocycles. The first-order valence-corrected chi connectivity index (χ1v) is 8.38. The van der Waals surface area contributed by atoms with Crippen LogP contribution in [0.25, 0.3) is 0 Å². The maximum Gasteiger partial charge on any atom is 0.260 e. The molecule has 0 aliphatic heterocycles. The van der Waals surface area contributed by atoms with E-state index in [1.165, 1.54) is 35.6 Å². The molecular weight excluding hydrogens is 321 g/mol. The molecule has 1 aliphatic rings. The summed E-state index contributed by atoms with van der Waals surface area (Å²) in [5.74, 6) is 0.322. The van der Waals surface area contributed by atoms with Gasteiger partial charge in [-0.05, 0) is 60.2 Å². The van der Waals surface area contributed by atoms with Crippen LogP contribution in [0.5, 0.6) is 11.5 Å².